The molecule has 3 amide bonds. The van der Waals surface area contributed by atoms with Crippen LogP contribution in [0.1, 0.15) is 60.3 Å². The Bertz CT molecular complexity index is 876. The molecule has 1 saturated heterocycles. The summed E-state index contributed by atoms with van der Waals surface area (Å²) in [6, 6.07) is -1.09. The summed E-state index contributed by atoms with van der Waals surface area (Å²) in [5, 5.41) is 3.03. The number of likely N-dealkylation sites (tertiary alicyclic amines) is 1. The second kappa shape index (κ2) is 9.38. The van der Waals surface area contributed by atoms with E-state index in [9.17, 15) is 24.0 Å². The van der Waals surface area contributed by atoms with Crippen molar-refractivity contribution in [3.63, 3.8) is 0 Å². The molecule has 0 radical (unpaired) electrons. The molecule has 162 valence electrons. The van der Waals surface area contributed by atoms with Crippen LogP contribution in [0, 0.1) is 0 Å². The van der Waals surface area contributed by atoms with E-state index in [-0.39, 0.29) is 19.4 Å². The Morgan fingerprint density at radius 2 is 1.73 bits per heavy atom. The second-order valence-corrected chi connectivity index (χ2v) is 8.23. The van der Waals surface area contributed by atoms with E-state index in [0.717, 1.165) is 41.0 Å². The fourth-order valence-electron chi connectivity index (χ4n) is 3.62. The normalized spacial score (nSPS) is 16.8. The smallest absolute Gasteiger partial charge is 0.341 e. The molecule has 1 fully saturated rings. The third kappa shape index (κ3) is 4.53. The summed E-state index contributed by atoms with van der Waals surface area (Å²) in [5.74, 6) is -2.80. The molecule has 1 N–H and O–H groups in total. The highest BCUT2D eigenvalue weighted by molar-refractivity contribution is 7.17. The van der Waals surface area contributed by atoms with E-state index >= 15 is 0 Å². The van der Waals surface area contributed by atoms with E-state index < -0.39 is 42.3 Å². The van der Waals surface area contributed by atoms with Gasteiger partial charge in [0.05, 0.1) is 12.2 Å². The minimum Gasteiger partial charge on any atom is -0.462 e. The molecule has 1 atom stereocenters. The van der Waals surface area contributed by atoms with E-state index in [0.29, 0.717) is 10.6 Å². The summed E-state index contributed by atoms with van der Waals surface area (Å²) in [6.07, 6.45) is 3.71. The summed E-state index contributed by atoms with van der Waals surface area (Å²) in [6.45, 7) is 2.73. The number of carbonyl (C=O) groups is 5. The molecule has 0 bridgehead atoms. The molecule has 2 heterocycles. The number of rotatable bonds is 7. The molecule has 0 saturated carbocycles. The van der Waals surface area contributed by atoms with Crippen LogP contribution in [0.3, 0.4) is 0 Å². The van der Waals surface area contributed by atoms with Crippen LogP contribution < -0.4 is 5.32 Å². The Kier molecular flexibility index (Phi) is 6.86. The van der Waals surface area contributed by atoms with Crippen molar-refractivity contribution in [1.82, 2.24) is 4.90 Å². The summed E-state index contributed by atoms with van der Waals surface area (Å²) < 4.78 is 10.1. The highest BCUT2D eigenvalue weighted by Gasteiger charge is 2.37. The van der Waals surface area contributed by atoms with E-state index in [1.54, 1.807) is 6.92 Å². The van der Waals surface area contributed by atoms with Gasteiger partial charge >= 0.3 is 11.9 Å². The van der Waals surface area contributed by atoms with Crippen molar-refractivity contribution in [2.24, 2.45) is 0 Å². The zero-order chi connectivity index (χ0) is 21.8. The standard InChI is InChI=1S/C20H24N2O7S/c1-3-28-20(27)17-12-6-4-5-7-13(12)30-18(17)21-14(23)10-29-19(26)11(2)22-15(24)8-9-16(22)25/h11H,3-10H2,1-2H3,(H,21,23)/t11-/m0/s1. The van der Waals surface area contributed by atoms with Crippen molar-refractivity contribution >= 4 is 46.0 Å². The van der Waals surface area contributed by atoms with Gasteiger partial charge in [0.25, 0.3) is 5.91 Å². The van der Waals surface area contributed by atoms with Crippen molar-refractivity contribution in [2.45, 2.75) is 58.4 Å². The van der Waals surface area contributed by atoms with Gasteiger partial charge in [-0.05, 0) is 45.1 Å². The zero-order valence-electron chi connectivity index (χ0n) is 16.9. The Morgan fingerprint density at radius 1 is 1.07 bits per heavy atom. The number of esters is 2. The molecule has 30 heavy (non-hydrogen) atoms. The van der Waals surface area contributed by atoms with Gasteiger partial charge in [0.2, 0.25) is 11.8 Å². The van der Waals surface area contributed by atoms with Crippen LogP contribution in [0.5, 0.6) is 0 Å². The maximum Gasteiger partial charge on any atom is 0.341 e. The average Bonchev–Trinajstić information content (AvgIpc) is 3.24. The third-order valence-electron chi connectivity index (χ3n) is 5.07. The number of nitrogens with one attached hydrogen (secondary N) is 1. The Labute approximate surface area is 177 Å². The van der Waals surface area contributed by atoms with Crippen LogP contribution in [-0.2, 0) is 41.5 Å². The summed E-state index contributed by atoms with van der Waals surface area (Å²) in [5.41, 5.74) is 1.29. The van der Waals surface area contributed by atoms with Gasteiger partial charge in [0.1, 0.15) is 11.0 Å². The first-order valence-corrected chi connectivity index (χ1v) is 10.8. The zero-order valence-corrected chi connectivity index (χ0v) is 17.8. The molecule has 0 unspecified atom stereocenters. The number of ether oxygens (including phenoxy) is 2. The predicted octanol–water partition coefficient (Wildman–Crippen LogP) is 1.82. The summed E-state index contributed by atoms with van der Waals surface area (Å²) >= 11 is 1.34. The molecule has 0 spiro atoms. The summed E-state index contributed by atoms with van der Waals surface area (Å²) in [4.78, 5) is 62.3. The van der Waals surface area contributed by atoms with E-state index in [4.69, 9.17) is 9.47 Å². The highest BCUT2D eigenvalue weighted by atomic mass is 32.1. The number of aryl methyl sites for hydroxylation is 1. The maximum absolute atomic E-state index is 12.4. The van der Waals surface area contributed by atoms with E-state index in [1.165, 1.54) is 18.3 Å². The quantitative estimate of drug-likeness (QED) is 0.511. The molecule has 9 nitrogen and oxygen atoms in total. The van der Waals surface area contributed by atoms with Gasteiger partial charge in [0, 0.05) is 17.7 Å². The van der Waals surface area contributed by atoms with Crippen molar-refractivity contribution in [1.29, 1.82) is 0 Å². The number of amides is 3. The van der Waals surface area contributed by atoms with Crippen molar-refractivity contribution in [3.8, 4) is 0 Å². The van der Waals surface area contributed by atoms with Crippen LogP contribution >= 0.6 is 11.3 Å². The first-order chi connectivity index (χ1) is 14.3. The first-order valence-electron chi connectivity index (χ1n) is 9.96. The Morgan fingerprint density at radius 3 is 2.40 bits per heavy atom. The van der Waals surface area contributed by atoms with Crippen LogP contribution in [-0.4, -0.2) is 53.8 Å². The number of fused-ring (bicyclic) bond motifs is 1. The first kappa shape index (κ1) is 21.9. The topological polar surface area (TPSA) is 119 Å². The van der Waals surface area contributed by atoms with Gasteiger partial charge in [-0.15, -0.1) is 11.3 Å². The number of thiophene rings is 1. The number of hydrogen-bond donors (Lipinski definition) is 1. The van der Waals surface area contributed by atoms with Crippen LogP contribution in [0.2, 0.25) is 0 Å². The number of hydrogen-bond acceptors (Lipinski definition) is 8. The van der Waals surface area contributed by atoms with Crippen LogP contribution in [0.25, 0.3) is 0 Å². The van der Waals surface area contributed by atoms with Gasteiger partial charge < -0.3 is 14.8 Å². The summed E-state index contributed by atoms with van der Waals surface area (Å²) in [7, 11) is 0. The van der Waals surface area contributed by atoms with E-state index in [1.807, 2.05) is 0 Å². The second-order valence-electron chi connectivity index (χ2n) is 7.12. The molecular weight excluding hydrogens is 412 g/mol. The highest BCUT2D eigenvalue weighted by Crippen LogP contribution is 2.38. The monoisotopic (exact) mass is 436 g/mol. The fourth-order valence-corrected chi connectivity index (χ4v) is 4.92. The number of imide groups is 1. The minimum absolute atomic E-state index is 0.0661. The molecule has 1 aromatic heterocycles. The lowest BCUT2D eigenvalue weighted by Gasteiger charge is -2.20. The van der Waals surface area contributed by atoms with Crippen LogP contribution in [0.15, 0.2) is 0 Å². The van der Waals surface area contributed by atoms with Gasteiger partial charge in [0.15, 0.2) is 6.61 Å². The van der Waals surface area contributed by atoms with E-state index in [2.05, 4.69) is 5.32 Å². The van der Waals surface area contributed by atoms with Gasteiger partial charge in [-0.2, -0.15) is 0 Å². The predicted molar refractivity (Wildman–Crippen MR) is 107 cm³/mol. The van der Waals surface area contributed by atoms with Gasteiger partial charge in [-0.3, -0.25) is 19.3 Å². The number of nitrogens with zero attached hydrogens (tertiary/aromatic N) is 1. The molecule has 1 aliphatic heterocycles. The largest absolute Gasteiger partial charge is 0.462 e. The Balaban J connectivity index is 1.64. The molecular formula is C20H24N2O7S. The molecule has 1 aromatic rings. The number of anilines is 1. The molecule has 10 heteroatoms. The lowest BCUT2D eigenvalue weighted by molar-refractivity contribution is -0.158. The number of carbonyl (C=O) groups excluding carboxylic acids is 5. The SMILES string of the molecule is CCOC(=O)c1c(NC(=O)COC(=O)[C@H](C)N2C(=O)CCC2=O)sc2c1CCCC2. The third-order valence-corrected chi connectivity index (χ3v) is 6.28. The molecule has 1 aliphatic carbocycles. The lowest BCUT2D eigenvalue weighted by atomic mass is 9.95. The molecule has 0 aromatic carbocycles. The van der Waals surface area contributed by atoms with Crippen molar-refractivity contribution in [3.05, 3.63) is 16.0 Å². The minimum atomic E-state index is -1.09. The molecule has 2 aliphatic rings. The van der Waals surface area contributed by atoms with Gasteiger partial charge in [-0.1, -0.05) is 0 Å². The average molecular weight is 436 g/mol. The van der Waals surface area contributed by atoms with Crippen molar-refractivity contribution < 1.29 is 33.4 Å². The lowest BCUT2D eigenvalue weighted by Crippen LogP contribution is -2.43. The maximum atomic E-state index is 12.4. The van der Waals surface area contributed by atoms with Crippen molar-refractivity contribution in [2.75, 3.05) is 18.5 Å². The fraction of sp³-hybridized carbons (Fsp3) is 0.550. The molecule has 3 rings (SSSR count). The van der Waals surface area contributed by atoms with Crippen LogP contribution in [0.4, 0.5) is 5.00 Å². The Hall–Kier alpha value is -2.75. The van der Waals surface area contributed by atoms with Gasteiger partial charge in [-0.25, -0.2) is 9.59 Å².